The molecule has 3 N–H and O–H groups in total. The molecule has 1 atom stereocenters. The van der Waals surface area contributed by atoms with Crippen LogP contribution >= 0.6 is 0 Å². The van der Waals surface area contributed by atoms with E-state index in [2.05, 4.69) is 10.6 Å². The monoisotopic (exact) mass is 240 g/mol. The van der Waals surface area contributed by atoms with Gasteiger partial charge >= 0.3 is 0 Å². The van der Waals surface area contributed by atoms with Gasteiger partial charge in [0.05, 0.1) is 11.6 Å². The summed E-state index contributed by atoms with van der Waals surface area (Å²) in [7, 11) is 0. The van der Waals surface area contributed by atoms with E-state index in [4.69, 9.17) is 0 Å². The molecule has 0 aromatic rings. The van der Waals surface area contributed by atoms with Gasteiger partial charge in [0.1, 0.15) is 0 Å². The molecular formula is C13H24N2O2. The van der Waals surface area contributed by atoms with Gasteiger partial charge in [-0.15, -0.1) is 0 Å². The molecule has 2 fully saturated rings. The van der Waals surface area contributed by atoms with Crippen molar-refractivity contribution in [3.05, 3.63) is 0 Å². The molecule has 1 amide bonds. The van der Waals surface area contributed by atoms with Gasteiger partial charge in [0.2, 0.25) is 5.91 Å². The number of amides is 1. The molecule has 1 heterocycles. The third-order valence-electron chi connectivity index (χ3n) is 4.00. The molecule has 1 aliphatic carbocycles. The zero-order valence-corrected chi connectivity index (χ0v) is 10.5. The SMILES string of the molecule is O=C(NCC1(O)CCCCC1)[C@@H]1CCCCN1. The van der Waals surface area contributed by atoms with Gasteiger partial charge in [0, 0.05) is 6.54 Å². The molecule has 0 spiro atoms. The third kappa shape index (κ3) is 3.68. The van der Waals surface area contributed by atoms with Crippen molar-refractivity contribution in [1.29, 1.82) is 0 Å². The average Bonchev–Trinajstić information content (AvgIpc) is 2.38. The van der Waals surface area contributed by atoms with Crippen molar-refractivity contribution >= 4 is 5.91 Å². The van der Waals surface area contributed by atoms with E-state index in [1.807, 2.05) is 0 Å². The first kappa shape index (κ1) is 12.8. The topological polar surface area (TPSA) is 61.4 Å². The van der Waals surface area contributed by atoms with Gasteiger partial charge in [-0.05, 0) is 32.2 Å². The van der Waals surface area contributed by atoms with E-state index in [1.165, 1.54) is 6.42 Å². The number of nitrogens with one attached hydrogen (secondary N) is 2. The van der Waals surface area contributed by atoms with Crippen molar-refractivity contribution in [2.45, 2.75) is 63.0 Å². The highest BCUT2D eigenvalue weighted by Crippen LogP contribution is 2.27. The van der Waals surface area contributed by atoms with Gasteiger partial charge in [-0.25, -0.2) is 0 Å². The lowest BCUT2D eigenvalue weighted by Crippen LogP contribution is -2.51. The summed E-state index contributed by atoms with van der Waals surface area (Å²) in [5, 5.41) is 16.4. The Balaban J connectivity index is 1.74. The Kier molecular flexibility index (Phi) is 4.40. The molecule has 1 saturated carbocycles. The van der Waals surface area contributed by atoms with Crippen LogP contribution in [-0.4, -0.2) is 35.7 Å². The molecule has 17 heavy (non-hydrogen) atoms. The Morgan fingerprint density at radius 3 is 2.65 bits per heavy atom. The van der Waals surface area contributed by atoms with Gasteiger partial charge in [0.25, 0.3) is 0 Å². The van der Waals surface area contributed by atoms with E-state index in [1.54, 1.807) is 0 Å². The lowest BCUT2D eigenvalue weighted by Gasteiger charge is -2.33. The lowest BCUT2D eigenvalue weighted by molar-refractivity contribution is -0.125. The van der Waals surface area contributed by atoms with E-state index >= 15 is 0 Å². The molecule has 0 aromatic heterocycles. The zero-order valence-electron chi connectivity index (χ0n) is 10.5. The number of rotatable bonds is 3. The number of piperidine rings is 1. The summed E-state index contributed by atoms with van der Waals surface area (Å²) in [6.45, 7) is 1.35. The maximum Gasteiger partial charge on any atom is 0.237 e. The largest absolute Gasteiger partial charge is 0.388 e. The highest BCUT2D eigenvalue weighted by Gasteiger charge is 2.30. The Hall–Kier alpha value is -0.610. The summed E-state index contributed by atoms with van der Waals surface area (Å²) in [5.41, 5.74) is -0.650. The summed E-state index contributed by atoms with van der Waals surface area (Å²) in [5.74, 6) is 0.0590. The lowest BCUT2D eigenvalue weighted by atomic mass is 9.85. The Morgan fingerprint density at radius 2 is 2.00 bits per heavy atom. The molecule has 4 nitrogen and oxygen atoms in total. The van der Waals surface area contributed by atoms with Crippen molar-refractivity contribution in [2.75, 3.05) is 13.1 Å². The maximum absolute atomic E-state index is 11.9. The molecule has 2 aliphatic rings. The van der Waals surface area contributed by atoms with E-state index in [9.17, 15) is 9.90 Å². The summed E-state index contributed by atoms with van der Waals surface area (Å²) in [6, 6.07) is -0.0454. The first-order valence-electron chi connectivity index (χ1n) is 6.93. The van der Waals surface area contributed by atoms with Crippen LogP contribution in [0.3, 0.4) is 0 Å². The summed E-state index contributed by atoms with van der Waals surface area (Å²) < 4.78 is 0. The van der Waals surface area contributed by atoms with Crippen molar-refractivity contribution in [2.24, 2.45) is 0 Å². The minimum atomic E-state index is -0.650. The number of hydrogen-bond donors (Lipinski definition) is 3. The Bertz CT molecular complexity index is 256. The smallest absolute Gasteiger partial charge is 0.237 e. The normalized spacial score (nSPS) is 28.6. The summed E-state index contributed by atoms with van der Waals surface area (Å²) in [6.07, 6.45) is 8.21. The van der Waals surface area contributed by atoms with E-state index < -0.39 is 5.60 Å². The van der Waals surface area contributed by atoms with Crippen molar-refractivity contribution in [1.82, 2.24) is 10.6 Å². The first-order chi connectivity index (χ1) is 8.20. The van der Waals surface area contributed by atoms with Crippen LogP contribution < -0.4 is 10.6 Å². The van der Waals surface area contributed by atoms with Crippen LogP contribution in [0.4, 0.5) is 0 Å². The van der Waals surface area contributed by atoms with Crippen LogP contribution in [0.1, 0.15) is 51.4 Å². The van der Waals surface area contributed by atoms with Gasteiger partial charge in [-0.1, -0.05) is 25.7 Å². The molecule has 0 radical (unpaired) electrons. The zero-order chi connectivity index (χ0) is 12.1. The molecule has 1 aliphatic heterocycles. The highest BCUT2D eigenvalue weighted by atomic mass is 16.3. The second-order valence-electron chi connectivity index (χ2n) is 5.51. The van der Waals surface area contributed by atoms with Crippen LogP contribution in [0.5, 0.6) is 0 Å². The second-order valence-corrected chi connectivity index (χ2v) is 5.51. The number of hydrogen-bond acceptors (Lipinski definition) is 3. The van der Waals surface area contributed by atoms with Crippen molar-refractivity contribution in [3.63, 3.8) is 0 Å². The quantitative estimate of drug-likeness (QED) is 0.688. The fraction of sp³-hybridized carbons (Fsp3) is 0.923. The molecule has 1 saturated heterocycles. The van der Waals surface area contributed by atoms with Crippen LogP contribution in [-0.2, 0) is 4.79 Å². The molecule has 0 unspecified atom stereocenters. The van der Waals surface area contributed by atoms with Gasteiger partial charge in [0.15, 0.2) is 0 Å². The van der Waals surface area contributed by atoms with Crippen LogP contribution in [0.15, 0.2) is 0 Å². The molecule has 2 rings (SSSR count). The minimum Gasteiger partial charge on any atom is -0.388 e. The number of carbonyl (C=O) groups excluding carboxylic acids is 1. The van der Waals surface area contributed by atoms with Crippen LogP contribution in [0.2, 0.25) is 0 Å². The maximum atomic E-state index is 11.9. The van der Waals surface area contributed by atoms with Crippen LogP contribution in [0.25, 0.3) is 0 Å². The standard InChI is InChI=1S/C13H24N2O2/c16-12(11-6-2-5-9-14-11)15-10-13(17)7-3-1-4-8-13/h11,14,17H,1-10H2,(H,15,16)/t11-/m0/s1. The minimum absolute atomic E-state index is 0.0454. The fourth-order valence-electron chi connectivity index (χ4n) is 2.84. The molecule has 0 aromatic carbocycles. The molecular weight excluding hydrogens is 216 g/mol. The third-order valence-corrected chi connectivity index (χ3v) is 4.00. The predicted octanol–water partition coefficient (Wildman–Crippen LogP) is 0.940. The number of carbonyl (C=O) groups is 1. The van der Waals surface area contributed by atoms with Crippen molar-refractivity contribution in [3.8, 4) is 0 Å². The van der Waals surface area contributed by atoms with Crippen molar-refractivity contribution < 1.29 is 9.90 Å². The van der Waals surface area contributed by atoms with Gasteiger partial charge < -0.3 is 15.7 Å². The van der Waals surface area contributed by atoms with E-state index in [-0.39, 0.29) is 11.9 Å². The Morgan fingerprint density at radius 1 is 1.24 bits per heavy atom. The van der Waals surface area contributed by atoms with Gasteiger partial charge in [-0.3, -0.25) is 4.79 Å². The number of aliphatic hydroxyl groups is 1. The summed E-state index contributed by atoms with van der Waals surface area (Å²) >= 11 is 0. The first-order valence-corrected chi connectivity index (χ1v) is 6.93. The summed E-state index contributed by atoms with van der Waals surface area (Å²) in [4.78, 5) is 11.9. The average molecular weight is 240 g/mol. The molecule has 98 valence electrons. The van der Waals surface area contributed by atoms with Crippen LogP contribution in [0, 0.1) is 0 Å². The fourth-order valence-corrected chi connectivity index (χ4v) is 2.84. The molecule has 4 heteroatoms. The van der Waals surface area contributed by atoms with E-state index in [0.717, 1.165) is 51.5 Å². The predicted molar refractivity (Wildman–Crippen MR) is 66.7 cm³/mol. The highest BCUT2D eigenvalue weighted by molar-refractivity contribution is 5.81. The second kappa shape index (κ2) is 5.83. The van der Waals surface area contributed by atoms with E-state index in [0.29, 0.717) is 6.54 Å². The Labute approximate surface area is 103 Å². The molecule has 0 bridgehead atoms. The van der Waals surface area contributed by atoms with Gasteiger partial charge in [-0.2, -0.15) is 0 Å².